The van der Waals surface area contributed by atoms with Gasteiger partial charge in [-0.3, -0.25) is 0 Å². The van der Waals surface area contributed by atoms with Crippen molar-refractivity contribution in [3.05, 3.63) is 65.4 Å². The molecule has 23 heavy (non-hydrogen) atoms. The molecule has 1 heterocycles. The van der Waals surface area contributed by atoms with Crippen LogP contribution >= 0.6 is 0 Å². The number of aromatic amines is 1. The third kappa shape index (κ3) is 2.05. The molecule has 3 N–H and O–H groups in total. The molecule has 3 aromatic rings. The topological polar surface area (TPSA) is 41.8 Å². The molecule has 1 unspecified atom stereocenters. The zero-order valence-electron chi connectivity index (χ0n) is 12.9. The third-order valence-electron chi connectivity index (χ3n) is 5.19. The Morgan fingerprint density at radius 3 is 2.61 bits per heavy atom. The van der Waals surface area contributed by atoms with Gasteiger partial charge in [-0.15, -0.1) is 0 Å². The van der Waals surface area contributed by atoms with E-state index in [0.29, 0.717) is 17.2 Å². The molecule has 0 saturated heterocycles. The summed E-state index contributed by atoms with van der Waals surface area (Å²) in [6.45, 7) is 2.05. The Bertz CT molecular complexity index is 896. The molecule has 0 radical (unpaired) electrons. The summed E-state index contributed by atoms with van der Waals surface area (Å²) in [7, 11) is 0. The summed E-state index contributed by atoms with van der Waals surface area (Å²) in [6.07, 6.45) is 4.01. The molecule has 4 heteroatoms. The lowest BCUT2D eigenvalue weighted by Gasteiger charge is -2.31. The zero-order chi connectivity index (χ0) is 16.2. The number of H-pyrrole nitrogens is 1. The molecule has 4 rings (SSSR count). The van der Waals surface area contributed by atoms with Gasteiger partial charge < -0.3 is 10.7 Å². The molecular weight excluding hydrogens is 294 g/mol. The fourth-order valence-corrected chi connectivity index (χ4v) is 3.76. The number of halogens is 2. The van der Waals surface area contributed by atoms with Crippen LogP contribution in [0.1, 0.15) is 30.9 Å². The Morgan fingerprint density at radius 1 is 1.13 bits per heavy atom. The summed E-state index contributed by atoms with van der Waals surface area (Å²) >= 11 is 0. The number of nitrogens with one attached hydrogen (secondary N) is 1. The summed E-state index contributed by atoms with van der Waals surface area (Å²) in [5, 5.41) is 1.00. The number of anilines is 1. The van der Waals surface area contributed by atoms with Crippen LogP contribution in [0.25, 0.3) is 10.9 Å². The SMILES string of the molecule is CC(c1ccc(F)cc1F)(c1c[nH]c2c(N)cccc12)C1CC1. The van der Waals surface area contributed by atoms with E-state index in [1.165, 1.54) is 6.07 Å². The molecule has 1 fully saturated rings. The maximum absolute atomic E-state index is 14.5. The van der Waals surface area contributed by atoms with E-state index < -0.39 is 17.0 Å². The fraction of sp³-hybridized carbons (Fsp3) is 0.263. The van der Waals surface area contributed by atoms with Crippen molar-refractivity contribution >= 4 is 16.6 Å². The molecule has 0 amide bonds. The van der Waals surface area contributed by atoms with E-state index in [9.17, 15) is 8.78 Å². The standard InChI is InChI=1S/C19H18F2N2/c1-19(11-5-6-11,14-8-7-12(20)9-16(14)21)15-10-23-18-13(15)3-2-4-17(18)22/h2-4,7-11,23H,5-6,22H2,1H3. The molecule has 1 aliphatic rings. The largest absolute Gasteiger partial charge is 0.397 e. The van der Waals surface area contributed by atoms with Gasteiger partial charge in [-0.2, -0.15) is 0 Å². The van der Waals surface area contributed by atoms with Crippen molar-refractivity contribution in [2.75, 3.05) is 5.73 Å². The Labute approximate surface area is 133 Å². The molecule has 1 aliphatic carbocycles. The number of rotatable bonds is 3. The molecule has 2 nitrogen and oxygen atoms in total. The number of hydrogen-bond acceptors (Lipinski definition) is 1. The maximum atomic E-state index is 14.5. The lowest BCUT2D eigenvalue weighted by molar-refractivity contribution is 0.460. The first-order valence-electron chi connectivity index (χ1n) is 7.83. The van der Waals surface area contributed by atoms with E-state index in [-0.39, 0.29) is 0 Å². The van der Waals surface area contributed by atoms with Gasteiger partial charge in [0, 0.05) is 23.1 Å². The van der Waals surface area contributed by atoms with Gasteiger partial charge in [0.15, 0.2) is 0 Å². The normalized spacial score (nSPS) is 17.3. The predicted molar refractivity (Wildman–Crippen MR) is 88.2 cm³/mol. The van der Waals surface area contributed by atoms with Gasteiger partial charge in [0.25, 0.3) is 0 Å². The number of nitrogen functional groups attached to an aromatic ring is 1. The van der Waals surface area contributed by atoms with E-state index in [0.717, 1.165) is 35.4 Å². The van der Waals surface area contributed by atoms with Crippen molar-refractivity contribution in [1.82, 2.24) is 4.98 Å². The fourth-order valence-electron chi connectivity index (χ4n) is 3.76. The molecule has 0 bridgehead atoms. The van der Waals surface area contributed by atoms with Gasteiger partial charge in [-0.1, -0.05) is 25.1 Å². The van der Waals surface area contributed by atoms with Crippen molar-refractivity contribution in [3.8, 4) is 0 Å². The van der Waals surface area contributed by atoms with Gasteiger partial charge in [0.05, 0.1) is 11.2 Å². The lowest BCUT2D eigenvalue weighted by Crippen LogP contribution is -2.27. The molecule has 1 aromatic heterocycles. The highest BCUT2D eigenvalue weighted by atomic mass is 19.1. The van der Waals surface area contributed by atoms with Crippen LogP contribution in [0.4, 0.5) is 14.5 Å². The van der Waals surface area contributed by atoms with Gasteiger partial charge in [0.2, 0.25) is 0 Å². The Hall–Kier alpha value is -2.36. The van der Waals surface area contributed by atoms with Crippen LogP contribution in [-0.2, 0) is 5.41 Å². The van der Waals surface area contributed by atoms with E-state index in [1.54, 1.807) is 6.07 Å². The summed E-state index contributed by atoms with van der Waals surface area (Å²) < 4.78 is 27.9. The first kappa shape index (κ1) is 14.2. The number of para-hydroxylation sites is 1. The Morgan fingerprint density at radius 2 is 1.91 bits per heavy atom. The van der Waals surface area contributed by atoms with Gasteiger partial charge in [-0.05, 0) is 42.0 Å². The van der Waals surface area contributed by atoms with Crippen LogP contribution in [0.5, 0.6) is 0 Å². The first-order chi connectivity index (χ1) is 11.0. The molecule has 2 aromatic carbocycles. The van der Waals surface area contributed by atoms with Gasteiger partial charge in [-0.25, -0.2) is 8.78 Å². The summed E-state index contributed by atoms with van der Waals surface area (Å²) in [5.41, 5.74) is 8.65. The molecular formula is C19H18F2N2. The summed E-state index contributed by atoms with van der Waals surface area (Å²) in [6, 6.07) is 9.63. The average Bonchev–Trinajstić information content (AvgIpc) is 3.27. The zero-order valence-corrected chi connectivity index (χ0v) is 12.9. The number of benzene rings is 2. The Kier molecular flexibility index (Phi) is 2.98. The minimum Gasteiger partial charge on any atom is -0.397 e. The highest BCUT2D eigenvalue weighted by molar-refractivity contribution is 5.93. The first-order valence-corrected chi connectivity index (χ1v) is 7.83. The maximum Gasteiger partial charge on any atom is 0.130 e. The average molecular weight is 312 g/mol. The van der Waals surface area contributed by atoms with Gasteiger partial charge >= 0.3 is 0 Å². The smallest absolute Gasteiger partial charge is 0.130 e. The second-order valence-corrected chi connectivity index (χ2v) is 6.57. The van der Waals surface area contributed by atoms with Crippen molar-refractivity contribution < 1.29 is 8.78 Å². The van der Waals surface area contributed by atoms with Crippen molar-refractivity contribution in [2.45, 2.75) is 25.2 Å². The molecule has 1 saturated carbocycles. The number of hydrogen-bond donors (Lipinski definition) is 2. The summed E-state index contributed by atoms with van der Waals surface area (Å²) in [5.74, 6) is -0.687. The van der Waals surface area contributed by atoms with Crippen molar-refractivity contribution in [3.63, 3.8) is 0 Å². The van der Waals surface area contributed by atoms with E-state index in [1.807, 2.05) is 31.3 Å². The van der Waals surface area contributed by atoms with E-state index in [4.69, 9.17) is 5.73 Å². The van der Waals surface area contributed by atoms with Crippen molar-refractivity contribution in [2.24, 2.45) is 5.92 Å². The van der Waals surface area contributed by atoms with Crippen LogP contribution in [-0.4, -0.2) is 4.98 Å². The number of fused-ring (bicyclic) bond motifs is 1. The second-order valence-electron chi connectivity index (χ2n) is 6.57. The molecule has 118 valence electrons. The highest BCUT2D eigenvalue weighted by Gasteiger charge is 2.46. The van der Waals surface area contributed by atoms with E-state index in [2.05, 4.69) is 4.98 Å². The number of aromatic nitrogens is 1. The van der Waals surface area contributed by atoms with E-state index >= 15 is 0 Å². The minimum absolute atomic E-state index is 0.350. The third-order valence-corrected chi connectivity index (χ3v) is 5.19. The summed E-state index contributed by atoms with van der Waals surface area (Å²) in [4.78, 5) is 3.22. The minimum atomic E-state index is -0.549. The van der Waals surface area contributed by atoms with Crippen LogP contribution in [0.15, 0.2) is 42.6 Å². The van der Waals surface area contributed by atoms with Crippen LogP contribution < -0.4 is 5.73 Å². The molecule has 0 aliphatic heterocycles. The Balaban J connectivity index is 1.98. The molecule has 1 atom stereocenters. The predicted octanol–water partition coefficient (Wildman–Crippen LogP) is 4.74. The molecule has 0 spiro atoms. The quantitative estimate of drug-likeness (QED) is 0.674. The van der Waals surface area contributed by atoms with Crippen LogP contribution in [0.2, 0.25) is 0 Å². The highest BCUT2D eigenvalue weighted by Crippen LogP contribution is 2.53. The lowest BCUT2D eigenvalue weighted by atomic mass is 9.72. The van der Waals surface area contributed by atoms with Crippen molar-refractivity contribution in [1.29, 1.82) is 0 Å². The van der Waals surface area contributed by atoms with Crippen LogP contribution in [0.3, 0.4) is 0 Å². The van der Waals surface area contributed by atoms with Crippen LogP contribution in [0, 0.1) is 17.6 Å². The monoisotopic (exact) mass is 312 g/mol. The number of nitrogens with two attached hydrogens (primary N) is 1. The second kappa shape index (κ2) is 4.82. The van der Waals surface area contributed by atoms with Gasteiger partial charge in [0.1, 0.15) is 11.6 Å².